The second-order valence-electron chi connectivity index (χ2n) is 5.32. The number of pyridine rings is 1. The summed E-state index contributed by atoms with van der Waals surface area (Å²) in [4.78, 5) is 21.0. The summed E-state index contributed by atoms with van der Waals surface area (Å²) in [6, 6.07) is 5.12. The van der Waals surface area contributed by atoms with Crippen LogP contribution in [0.15, 0.2) is 47.9 Å². The van der Waals surface area contributed by atoms with Crippen LogP contribution in [-0.4, -0.2) is 24.0 Å². The number of aromatic nitrogens is 4. The lowest BCUT2D eigenvalue weighted by Gasteiger charge is -2.09. The van der Waals surface area contributed by atoms with Gasteiger partial charge in [0, 0.05) is 18.6 Å². The number of fused-ring (bicyclic) bond motifs is 2. The Labute approximate surface area is 145 Å². The standard InChI is InChI=1S/C16H10Cl2N4O2/c17-10-6-11(18)15(23)14-13(10)16(24)22(8-20-14)7-9-1-3-21-4-2-19-12(21)5-9/h1-6,8,23H,7H2. The van der Waals surface area contributed by atoms with Crippen molar-refractivity contribution in [3.63, 3.8) is 0 Å². The van der Waals surface area contributed by atoms with Crippen molar-refractivity contribution < 1.29 is 5.11 Å². The molecule has 0 radical (unpaired) electrons. The van der Waals surface area contributed by atoms with Crippen LogP contribution in [0, 0.1) is 0 Å². The van der Waals surface area contributed by atoms with Crippen molar-refractivity contribution in [3.05, 3.63) is 69.1 Å². The Balaban J connectivity index is 1.85. The minimum atomic E-state index is -0.347. The zero-order valence-corrected chi connectivity index (χ0v) is 13.7. The van der Waals surface area contributed by atoms with Crippen molar-refractivity contribution >= 4 is 39.8 Å². The van der Waals surface area contributed by atoms with E-state index in [0.717, 1.165) is 11.2 Å². The molecular formula is C16H10Cl2N4O2. The first-order valence-electron chi connectivity index (χ1n) is 7.02. The number of hydrogen-bond donors (Lipinski definition) is 1. The van der Waals surface area contributed by atoms with Crippen molar-refractivity contribution in [2.45, 2.75) is 6.54 Å². The normalized spacial score (nSPS) is 11.4. The summed E-state index contributed by atoms with van der Waals surface area (Å²) < 4.78 is 3.30. The maximum Gasteiger partial charge on any atom is 0.263 e. The molecule has 0 atom stereocenters. The molecular weight excluding hydrogens is 351 g/mol. The summed E-state index contributed by atoms with van der Waals surface area (Å²) in [5.41, 5.74) is 1.43. The van der Waals surface area contributed by atoms with E-state index in [-0.39, 0.29) is 32.3 Å². The Kier molecular flexibility index (Phi) is 3.44. The predicted molar refractivity (Wildman–Crippen MR) is 92.0 cm³/mol. The first kappa shape index (κ1) is 15.0. The van der Waals surface area contributed by atoms with E-state index in [4.69, 9.17) is 23.2 Å². The van der Waals surface area contributed by atoms with Crippen molar-refractivity contribution in [2.75, 3.05) is 0 Å². The summed E-state index contributed by atoms with van der Waals surface area (Å²) in [7, 11) is 0. The lowest BCUT2D eigenvalue weighted by molar-refractivity contribution is 0.480. The van der Waals surface area contributed by atoms with E-state index in [2.05, 4.69) is 9.97 Å². The van der Waals surface area contributed by atoms with Crippen molar-refractivity contribution in [1.29, 1.82) is 0 Å². The Morgan fingerprint density at radius 1 is 1.12 bits per heavy atom. The number of nitrogens with zero attached hydrogens (tertiary/aromatic N) is 4. The number of benzene rings is 1. The van der Waals surface area contributed by atoms with E-state index in [1.165, 1.54) is 17.0 Å². The Morgan fingerprint density at radius 2 is 1.96 bits per heavy atom. The molecule has 0 bridgehead atoms. The average molecular weight is 361 g/mol. The average Bonchev–Trinajstić information content (AvgIpc) is 3.02. The topological polar surface area (TPSA) is 72.4 Å². The third-order valence-corrected chi connectivity index (χ3v) is 4.38. The SMILES string of the molecule is O=c1c2c(Cl)cc(Cl)c(O)c2ncn1Cc1ccn2ccnc2c1. The third kappa shape index (κ3) is 2.31. The Hall–Kier alpha value is -2.57. The van der Waals surface area contributed by atoms with Crippen LogP contribution in [0.5, 0.6) is 5.75 Å². The van der Waals surface area contributed by atoms with Gasteiger partial charge in [0.1, 0.15) is 11.2 Å². The van der Waals surface area contributed by atoms with Gasteiger partial charge in [-0.1, -0.05) is 23.2 Å². The monoisotopic (exact) mass is 360 g/mol. The van der Waals surface area contributed by atoms with Crippen molar-refractivity contribution in [2.24, 2.45) is 0 Å². The summed E-state index contributed by atoms with van der Waals surface area (Å²) in [5, 5.41) is 10.3. The van der Waals surface area contributed by atoms with Crippen LogP contribution < -0.4 is 5.56 Å². The number of halogens is 2. The van der Waals surface area contributed by atoms with Crippen molar-refractivity contribution in [3.8, 4) is 5.75 Å². The van der Waals surface area contributed by atoms with Gasteiger partial charge in [-0.25, -0.2) is 9.97 Å². The summed E-state index contributed by atoms with van der Waals surface area (Å²) in [6.07, 6.45) is 6.78. The zero-order valence-electron chi connectivity index (χ0n) is 12.1. The molecule has 1 N–H and O–H groups in total. The smallest absolute Gasteiger partial charge is 0.263 e. The van der Waals surface area contributed by atoms with Crippen LogP contribution in [0.25, 0.3) is 16.6 Å². The highest BCUT2D eigenvalue weighted by Crippen LogP contribution is 2.34. The fourth-order valence-electron chi connectivity index (χ4n) is 2.61. The number of phenols is 1. The van der Waals surface area contributed by atoms with E-state index < -0.39 is 0 Å². The lowest BCUT2D eigenvalue weighted by Crippen LogP contribution is -2.21. The molecule has 0 unspecified atom stereocenters. The number of phenolic OH excluding ortho intramolecular Hbond substituents is 1. The lowest BCUT2D eigenvalue weighted by atomic mass is 10.2. The second kappa shape index (κ2) is 5.51. The summed E-state index contributed by atoms with van der Waals surface area (Å²) >= 11 is 12.0. The van der Waals surface area contributed by atoms with Crippen LogP contribution >= 0.6 is 23.2 Å². The fraction of sp³-hybridized carbons (Fsp3) is 0.0625. The molecule has 0 spiro atoms. The number of hydrogen-bond acceptors (Lipinski definition) is 4. The Morgan fingerprint density at radius 3 is 2.79 bits per heavy atom. The molecule has 0 aliphatic carbocycles. The maximum absolute atomic E-state index is 12.7. The first-order valence-corrected chi connectivity index (χ1v) is 7.78. The molecule has 4 aromatic rings. The molecule has 24 heavy (non-hydrogen) atoms. The van der Waals surface area contributed by atoms with Crippen LogP contribution in [-0.2, 0) is 6.54 Å². The first-order chi connectivity index (χ1) is 11.5. The zero-order chi connectivity index (χ0) is 16.8. The number of imidazole rings is 1. The molecule has 0 fully saturated rings. The van der Waals surface area contributed by atoms with E-state index in [9.17, 15) is 9.90 Å². The third-order valence-electron chi connectivity index (χ3n) is 3.80. The quantitative estimate of drug-likeness (QED) is 0.596. The van der Waals surface area contributed by atoms with Gasteiger partial charge in [0.15, 0.2) is 5.75 Å². The van der Waals surface area contributed by atoms with Crippen molar-refractivity contribution in [1.82, 2.24) is 18.9 Å². The van der Waals surface area contributed by atoms with Gasteiger partial charge in [0.2, 0.25) is 0 Å². The highest BCUT2D eigenvalue weighted by molar-refractivity contribution is 6.39. The molecule has 8 heteroatoms. The number of rotatable bonds is 2. The van der Waals surface area contributed by atoms with Crippen LogP contribution in [0.2, 0.25) is 10.0 Å². The second-order valence-corrected chi connectivity index (χ2v) is 6.13. The molecule has 0 aliphatic heterocycles. The van der Waals surface area contributed by atoms with Crippen LogP contribution in [0.3, 0.4) is 0 Å². The molecule has 0 amide bonds. The van der Waals surface area contributed by atoms with Gasteiger partial charge >= 0.3 is 0 Å². The predicted octanol–water partition coefficient (Wildman–Crippen LogP) is 3.10. The molecule has 120 valence electrons. The molecule has 3 aromatic heterocycles. The van der Waals surface area contributed by atoms with Gasteiger partial charge in [-0.2, -0.15) is 0 Å². The van der Waals surface area contributed by atoms with Gasteiger partial charge in [-0.3, -0.25) is 9.36 Å². The molecule has 0 aliphatic rings. The molecule has 1 aromatic carbocycles. The van der Waals surface area contributed by atoms with E-state index in [1.54, 1.807) is 6.20 Å². The van der Waals surface area contributed by atoms with Gasteiger partial charge in [0.05, 0.1) is 28.3 Å². The minimum Gasteiger partial charge on any atom is -0.504 e. The summed E-state index contributed by atoms with van der Waals surface area (Å²) in [5.74, 6) is -0.251. The van der Waals surface area contributed by atoms with E-state index >= 15 is 0 Å². The van der Waals surface area contributed by atoms with Crippen LogP contribution in [0.4, 0.5) is 0 Å². The molecule has 6 nitrogen and oxygen atoms in total. The summed E-state index contributed by atoms with van der Waals surface area (Å²) in [6.45, 7) is 0.310. The van der Waals surface area contributed by atoms with E-state index in [0.29, 0.717) is 6.54 Å². The molecule has 3 heterocycles. The Bertz CT molecular complexity index is 1150. The molecule has 0 saturated carbocycles. The molecule has 0 saturated heterocycles. The van der Waals surface area contributed by atoms with E-state index in [1.807, 2.05) is 28.9 Å². The maximum atomic E-state index is 12.7. The largest absolute Gasteiger partial charge is 0.504 e. The van der Waals surface area contributed by atoms with Gasteiger partial charge in [-0.15, -0.1) is 0 Å². The van der Waals surface area contributed by atoms with Gasteiger partial charge in [0.25, 0.3) is 5.56 Å². The van der Waals surface area contributed by atoms with Crippen LogP contribution in [0.1, 0.15) is 5.56 Å². The fourth-order valence-corrected chi connectivity index (χ4v) is 3.14. The minimum absolute atomic E-state index is 0.0573. The van der Waals surface area contributed by atoms with Gasteiger partial charge < -0.3 is 9.51 Å². The highest BCUT2D eigenvalue weighted by Gasteiger charge is 2.15. The highest BCUT2D eigenvalue weighted by atomic mass is 35.5. The number of aromatic hydroxyl groups is 1. The molecule has 4 rings (SSSR count). The van der Waals surface area contributed by atoms with Gasteiger partial charge in [-0.05, 0) is 23.8 Å².